The van der Waals surface area contributed by atoms with Gasteiger partial charge in [0, 0.05) is 20.5 Å². The third-order valence-corrected chi connectivity index (χ3v) is 3.21. The second-order valence-corrected chi connectivity index (χ2v) is 4.38. The van der Waals surface area contributed by atoms with Gasteiger partial charge in [-0.25, -0.2) is 9.97 Å². The van der Waals surface area contributed by atoms with Crippen LogP contribution in [0.1, 0.15) is 12.8 Å². The number of imide groups is 1. The number of methoxy groups -OCH3 is 1. The maximum absolute atomic E-state index is 12.0. The van der Waals surface area contributed by atoms with Crippen molar-refractivity contribution in [3.8, 4) is 5.75 Å². The van der Waals surface area contributed by atoms with Gasteiger partial charge < -0.3 is 15.4 Å². The van der Waals surface area contributed by atoms with Crippen LogP contribution in [0.5, 0.6) is 5.75 Å². The van der Waals surface area contributed by atoms with Gasteiger partial charge in [0.25, 0.3) is 5.91 Å². The van der Waals surface area contributed by atoms with Gasteiger partial charge in [-0.3, -0.25) is 14.5 Å². The van der Waals surface area contributed by atoms with Crippen LogP contribution in [0.3, 0.4) is 0 Å². The quantitative estimate of drug-likeness (QED) is 0.754. The molecule has 2 amide bonds. The highest BCUT2D eigenvalue weighted by Crippen LogP contribution is 2.30. The number of carbonyl (C=O) groups excluding carboxylic acids is 2. The number of likely N-dealkylation sites (N-methyl/N-ethyl adjacent to an activating group) is 1. The summed E-state index contributed by atoms with van der Waals surface area (Å²) < 4.78 is 5.25. The molecule has 0 bridgehead atoms. The molecule has 0 radical (unpaired) electrons. The molecule has 2 rings (SSSR count). The van der Waals surface area contributed by atoms with E-state index in [9.17, 15) is 9.59 Å². The van der Waals surface area contributed by atoms with Crippen LogP contribution in [0, 0.1) is 0 Å². The number of hydrogen-bond donors (Lipinski definition) is 2. The molecule has 8 nitrogen and oxygen atoms in total. The number of piperidine rings is 1. The topological polar surface area (TPSA) is 96.5 Å². The normalized spacial score (nSPS) is 18.9. The zero-order valence-electron chi connectivity index (χ0n) is 11.6. The summed E-state index contributed by atoms with van der Waals surface area (Å²) in [7, 11) is 4.70. The monoisotopic (exact) mass is 279 g/mol. The second kappa shape index (κ2) is 5.72. The lowest BCUT2D eigenvalue weighted by atomic mass is 10.0. The van der Waals surface area contributed by atoms with Crippen LogP contribution >= 0.6 is 0 Å². The fraction of sp³-hybridized carbons (Fsp3) is 0.500. The summed E-state index contributed by atoms with van der Waals surface area (Å²) in [5, 5.41) is 5.90. The average molecular weight is 279 g/mol. The summed E-state index contributed by atoms with van der Waals surface area (Å²) in [5.74, 6) is 0.944. The van der Waals surface area contributed by atoms with E-state index in [1.807, 2.05) is 0 Å². The number of likely N-dealkylation sites (tertiary alicyclic amines) is 1. The molecule has 1 unspecified atom stereocenters. The Morgan fingerprint density at radius 2 is 2.05 bits per heavy atom. The van der Waals surface area contributed by atoms with Crippen LogP contribution in [0.15, 0.2) is 6.33 Å². The van der Waals surface area contributed by atoms with Crippen LogP contribution in [-0.4, -0.2) is 53.9 Å². The van der Waals surface area contributed by atoms with Crippen molar-refractivity contribution in [2.24, 2.45) is 0 Å². The summed E-state index contributed by atoms with van der Waals surface area (Å²) >= 11 is 0. The molecule has 1 aromatic heterocycles. The highest BCUT2D eigenvalue weighted by atomic mass is 16.5. The first kappa shape index (κ1) is 14.0. The van der Waals surface area contributed by atoms with Gasteiger partial charge in [-0.05, 0) is 6.42 Å². The molecule has 2 N–H and O–H groups in total. The molecule has 108 valence electrons. The molecule has 1 aliphatic rings. The minimum absolute atomic E-state index is 0.168. The maximum Gasteiger partial charge on any atom is 0.251 e. The average Bonchev–Trinajstić information content (AvgIpc) is 2.47. The van der Waals surface area contributed by atoms with E-state index in [1.54, 1.807) is 7.05 Å². The minimum Gasteiger partial charge on any atom is -0.490 e. The molecule has 1 saturated heterocycles. The Kier molecular flexibility index (Phi) is 4.02. The highest BCUT2D eigenvalue weighted by Gasteiger charge is 2.32. The lowest BCUT2D eigenvalue weighted by Crippen LogP contribution is -2.48. The predicted molar refractivity (Wildman–Crippen MR) is 72.6 cm³/mol. The number of ether oxygens (including phenoxy) is 1. The minimum atomic E-state index is -0.494. The second-order valence-electron chi connectivity index (χ2n) is 4.38. The number of nitrogens with zero attached hydrogens (tertiary/aromatic N) is 3. The first-order chi connectivity index (χ1) is 9.58. The van der Waals surface area contributed by atoms with Gasteiger partial charge in [-0.1, -0.05) is 0 Å². The van der Waals surface area contributed by atoms with Crippen molar-refractivity contribution < 1.29 is 14.3 Å². The molecule has 8 heteroatoms. The number of rotatable bonds is 4. The fourth-order valence-corrected chi connectivity index (χ4v) is 2.06. The predicted octanol–water partition coefficient (Wildman–Crippen LogP) is 0.0862. The Balaban J connectivity index is 2.22. The Morgan fingerprint density at radius 1 is 1.35 bits per heavy atom. The third kappa shape index (κ3) is 2.49. The number of aromatic nitrogens is 2. The van der Waals surface area contributed by atoms with Gasteiger partial charge in [-0.15, -0.1) is 0 Å². The number of anilines is 2. The van der Waals surface area contributed by atoms with Crippen molar-refractivity contribution in [2.75, 3.05) is 31.8 Å². The van der Waals surface area contributed by atoms with Crippen LogP contribution in [-0.2, 0) is 9.59 Å². The summed E-state index contributed by atoms with van der Waals surface area (Å²) in [5.41, 5.74) is 0. The maximum atomic E-state index is 12.0. The molecule has 0 spiro atoms. The molecule has 1 aromatic rings. The van der Waals surface area contributed by atoms with Crippen molar-refractivity contribution >= 4 is 23.5 Å². The van der Waals surface area contributed by atoms with Crippen molar-refractivity contribution in [3.05, 3.63) is 6.33 Å². The fourth-order valence-electron chi connectivity index (χ4n) is 2.06. The van der Waals surface area contributed by atoms with E-state index in [0.717, 1.165) is 4.90 Å². The van der Waals surface area contributed by atoms with E-state index < -0.39 is 6.04 Å². The molecule has 1 atom stereocenters. The van der Waals surface area contributed by atoms with E-state index in [2.05, 4.69) is 20.6 Å². The lowest BCUT2D eigenvalue weighted by Gasteiger charge is -2.28. The molecular weight excluding hydrogens is 262 g/mol. The molecule has 0 saturated carbocycles. The van der Waals surface area contributed by atoms with Gasteiger partial charge in [0.2, 0.25) is 11.7 Å². The van der Waals surface area contributed by atoms with Gasteiger partial charge in [-0.2, -0.15) is 0 Å². The van der Waals surface area contributed by atoms with E-state index in [4.69, 9.17) is 4.74 Å². The molecule has 1 fully saturated rings. The summed E-state index contributed by atoms with van der Waals surface area (Å²) in [6, 6.07) is -0.494. The van der Waals surface area contributed by atoms with Crippen molar-refractivity contribution in [1.29, 1.82) is 0 Å². The zero-order valence-corrected chi connectivity index (χ0v) is 11.6. The first-order valence-corrected chi connectivity index (χ1v) is 6.22. The van der Waals surface area contributed by atoms with E-state index >= 15 is 0 Å². The summed E-state index contributed by atoms with van der Waals surface area (Å²) in [4.78, 5) is 32.7. The zero-order chi connectivity index (χ0) is 14.7. The Morgan fingerprint density at radius 3 is 2.70 bits per heavy atom. The highest BCUT2D eigenvalue weighted by molar-refractivity contribution is 6.01. The van der Waals surface area contributed by atoms with Crippen molar-refractivity contribution in [1.82, 2.24) is 14.9 Å². The Bertz CT molecular complexity index is 534. The molecular formula is C12H17N5O3. The first-order valence-electron chi connectivity index (χ1n) is 6.22. The van der Waals surface area contributed by atoms with Crippen molar-refractivity contribution in [3.63, 3.8) is 0 Å². The summed E-state index contributed by atoms with van der Waals surface area (Å²) in [6.07, 6.45) is 2.13. The SMILES string of the molecule is CNc1ncnc(NC2CCC(=O)N(C)C2=O)c1OC. The number of nitrogens with one attached hydrogen (secondary N) is 2. The van der Waals surface area contributed by atoms with Gasteiger partial charge in [0.1, 0.15) is 12.4 Å². The Hall–Kier alpha value is -2.38. The third-order valence-electron chi connectivity index (χ3n) is 3.21. The molecule has 2 heterocycles. The largest absolute Gasteiger partial charge is 0.490 e. The number of carbonyl (C=O) groups is 2. The van der Waals surface area contributed by atoms with Crippen molar-refractivity contribution in [2.45, 2.75) is 18.9 Å². The van der Waals surface area contributed by atoms with Gasteiger partial charge >= 0.3 is 0 Å². The lowest BCUT2D eigenvalue weighted by molar-refractivity contribution is -0.146. The van der Waals surface area contributed by atoms with Gasteiger partial charge in [0.15, 0.2) is 11.6 Å². The number of amides is 2. The Labute approximate surface area is 116 Å². The molecule has 0 aliphatic carbocycles. The molecule has 1 aliphatic heterocycles. The van der Waals surface area contributed by atoms with Crippen LogP contribution in [0.2, 0.25) is 0 Å². The van der Waals surface area contributed by atoms with E-state index in [-0.39, 0.29) is 11.8 Å². The smallest absolute Gasteiger partial charge is 0.251 e. The molecule has 0 aromatic carbocycles. The number of hydrogen-bond acceptors (Lipinski definition) is 7. The van der Waals surface area contributed by atoms with Crippen LogP contribution in [0.4, 0.5) is 11.6 Å². The van der Waals surface area contributed by atoms with Crippen LogP contribution < -0.4 is 15.4 Å². The van der Waals surface area contributed by atoms with E-state index in [0.29, 0.717) is 30.2 Å². The standard InChI is InChI=1S/C12H17N5O3/c1-13-10-9(20-3)11(15-6-14-10)16-7-4-5-8(18)17(2)12(7)19/h6-7H,4-5H2,1-3H3,(H2,13,14,15,16). The molecule has 20 heavy (non-hydrogen) atoms. The van der Waals surface area contributed by atoms with Crippen LogP contribution in [0.25, 0.3) is 0 Å². The summed E-state index contributed by atoms with van der Waals surface area (Å²) in [6.45, 7) is 0. The van der Waals surface area contributed by atoms with Gasteiger partial charge in [0.05, 0.1) is 7.11 Å². The van der Waals surface area contributed by atoms with E-state index in [1.165, 1.54) is 20.5 Å².